The number of benzene rings is 1. The first-order valence-electron chi connectivity index (χ1n) is 5.50. The average molecular weight is 267 g/mol. The smallest absolute Gasteiger partial charge is 0.173 e. The molecule has 0 unspecified atom stereocenters. The monoisotopic (exact) mass is 266 g/mol. The quantitative estimate of drug-likeness (QED) is 0.599. The first kappa shape index (κ1) is 10.9. The van der Waals surface area contributed by atoms with Crippen molar-refractivity contribution in [1.82, 2.24) is 0 Å². The molecule has 0 spiro atoms. The second kappa shape index (κ2) is 4.93. The lowest BCUT2D eigenvalue weighted by molar-refractivity contribution is 0.102. The van der Waals surface area contributed by atoms with Crippen molar-refractivity contribution in [1.29, 1.82) is 0 Å². The van der Waals surface area contributed by atoms with Crippen LogP contribution in [0.2, 0.25) is 0 Å². The van der Waals surface area contributed by atoms with Gasteiger partial charge in [-0.1, -0.05) is 53.0 Å². The first-order chi connectivity index (χ1) is 7.31. The summed E-state index contributed by atoms with van der Waals surface area (Å²) in [6.45, 7) is 0. The lowest BCUT2D eigenvalue weighted by atomic mass is 9.96. The summed E-state index contributed by atoms with van der Waals surface area (Å²) in [5.74, 6) is 0.895. The number of carbonyl (C=O) groups is 1. The van der Waals surface area contributed by atoms with E-state index in [4.69, 9.17) is 0 Å². The topological polar surface area (TPSA) is 17.1 Å². The third-order valence-electron chi connectivity index (χ3n) is 3.18. The normalized spacial score (nSPS) is 16.9. The fourth-order valence-electron chi connectivity index (χ4n) is 2.28. The van der Waals surface area contributed by atoms with E-state index in [2.05, 4.69) is 28.1 Å². The molecule has 1 aromatic carbocycles. The van der Waals surface area contributed by atoms with Crippen LogP contribution in [0.1, 0.15) is 47.5 Å². The highest BCUT2D eigenvalue weighted by Gasteiger charge is 2.16. The minimum Gasteiger partial charge on any atom is -0.293 e. The van der Waals surface area contributed by atoms with Crippen LogP contribution in [0.25, 0.3) is 0 Å². The number of Topliss-reactive ketones (excluding diaryl/α,β-unsaturated/α-hetero) is 1. The van der Waals surface area contributed by atoms with Crippen molar-refractivity contribution in [2.75, 3.05) is 5.33 Å². The molecular formula is C13H15BrO. The summed E-state index contributed by atoms with van der Waals surface area (Å²) in [4.78, 5) is 11.4. The third-order valence-corrected chi connectivity index (χ3v) is 3.69. The summed E-state index contributed by atoms with van der Waals surface area (Å²) < 4.78 is 0. The zero-order valence-corrected chi connectivity index (χ0v) is 10.3. The SMILES string of the molecule is O=C(CBr)c1ccc(C2CCCC2)cc1. The molecule has 0 saturated heterocycles. The van der Waals surface area contributed by atoms with Crippen LogP contribution in [-0.2, 0) is 0 Å². The van der Waals surface area contributed by atoms with Gasteiger partial charge in [-0.15, -0.1) is 0 Å². The van der Waals surface area contributed by atoms with Gasteiger partial charge < -0.3 is 0 Å². The summed E-state index contributed by atoms with van der Waals surface area (Å²) >= 11 is 3.19. The number of hydrogen-bond acceptors (Lipinski definition) is 1. The van der Waals surface area contributed by atoms with Crippen LogP contribution < -0.4 is 0 Å². The van der Waals surface area contributed by atoms with Crippen molar-refractivity contribution < 1.29 is 4.79 Å². The minimum atomic E-state index is 0.160. The lowest BCUT2D eigenvalue weighted by Gasteiger charge is -2.09. The zero-order chi connectivity index (χ0) is 10.7. The molecule has 1 aliphatic carbocycles. The molecule has 0 aliphatic heterocycles. The Labute approximate surface area is 99.0 Å². The molecule has 1 fully saturated rings. The van der Waals surface area contributed by atoms with Gasteiger partial charge in [-0.2, -0.15) is 0 Å². The number of carbonyl (C=O) groups excluding carboxylic acids is 1. The maximum absolute atomic E-state index is 11.4. The Kier molecular flexibility index (Phi) is 3.57. The van der Waals surface area contributed by atoms with Gasteiger partial charge in [-0.25, -0.2) is 0 Å². The van der Waals surface area contributed by atoms with E-state index >= 15 is 0 Å². The van der Waals surface area contributed by atoms with E-state index in [0.717, 1.165) is 11.5 Å². The van der Waals surface area contributed by atoms with Gasteiger partial charge in [-0.3, -0.25) is 4.79 Å². The van der Waals surface area contributed by atoms with Crippen LogP contribution in [0, 0.1) is 0 Å². The van der Waals surface area contributed by atoms with Crippen molar-refractivity contribution >= 4 is 21.7 Å². The number of hydrogen-bond donors (Lipinski definition) is 0. The molecule has 1 nitrogen and oxygen atoms in total. The molecular weight excluding hydrogens is 252 g/mol. The molecule has 0 amide bonds. The van der Waals surface area contributed by atoms with Gasteiger partial charge >= 0.3 is 0 Å². The van der Waals surface area contributed by atoms with Crippen LogP contribution in [-0.4, -0.2) is 11.1 Å². The standard InChI is InChI=1S/C13H15BrO/c14-9-13(15)12-7-5-11(6-8-12)10-3-1-2-4-10/h5-8,10H,1-4,9H2. The van der Waals surface area contributed by atoms with Gasteiger partial charge in [0.15, 0.2) is 5.78 Å². The van der Waals surface area contributed by atoms with Crippen molar-refractivity contribution in [2.24, 2.45) is 0 Å². The van der Waals surface area contributed by atoms with Gasteiger partial charge in [0.05, 0.1) is 5.33 Å². The molecule has 0 heterocycles. The number of alkyl halides is 1. The van der Waals surface area contributed by atoms with E-state index in [1.165, 1.54) is 31.2 Å². The number of halogens is 1. The summed E-state index contributed by atoms with van der Waals surface area (Å²) in [6.07, 6.45) is 5.33. The summed E-state index contributed by atoms with van der Waals surface area (Å²) in [6, 6.07) is 8.15. The van der Waals surface area contributed by atoms with Crippen LogP contribution in [0.3, 0.4) is 0 Å². The van der Waals surface area contributed by atoms with Gasteiger partial charge in [0.25, 0.3) is 0 Å². The van der Waals surface area contributed by atoms with Crippen molar-refractivity contribution in [3.63, 3.8) is 0 Å². The van der Waals surface area contributed by atoms with E-state index < -0.39 is 0 Å². The lowest BCUT2D eigenvalue weighted by Crippen LogP contribution is -2.00. The molecule has 1 saturated carbocycles. The fraction of sp³-hybridized carbons (Fsp3) is 0.462. The number of rotatable bonds is 3. The summed E-state index contributed by atoms with van der Waals surface area (Å²) in [5, 5.41) is 0.412. The highest BCUT2D eigenvalue weighted by molar-refractivity contribution is 9.09. The predicted octanol–water partition coefficient (Wildman–Crippen LogP) is 3.92. The molecule has 0 bridgehead atoms. The van der Waals surface area contributed by atoms with Crippen LogP contribution in [0.4, 0.5) is 0 Å². The molecule has 2 rings (SSSR count). The molecule has 1 aliphatic rings. The average Bonchev–Trinajstić information content (AvgIpc) is 2.82. The van der Waals surface area contributed by atoms with E-state index in [1.807, 2.05) is 12.1 Å². The van der Waals surface area contributed by atoms with Crippen molar-refractivity contribution in [2.45, 2.75) is 31.6 Å². The third kappa shape index (κ3) is 2.49. The fourth-order valence-corrected chi connectivity index (χ4v) is 2.60. The summed E-state index contributed by atoms with van der Waals surface area (Å²) in [5.41, 5.74) is 2.22. The number of ketones is 1. The Bertz CT molecular complexity index is 336. The minimum absolute atomic E-state index is 0.160. The highest BCUT2D eigenvalue weighted by Crippen LogP contribution is 2.33. The largest absolute Gasteiger partial charge is 0.293 e. The van der Waals surface area contributed by atoms with Gasteiger partial charge in [0.2, 0.25) is 0 Å². The molecule has 80 valence electrons. The van der Waals surface area contributed by atoms with Gasteiger partial charge in [0.1, 0.15) is 0 Å². The van der Waals surface area contributed by atoms with Gasteiger partial charge in [0, 0.05) is 5.56 Å². The molecule has 15 heavy (non-hydrogen) atoms. The molecule has 0 N–H and O–H groups in total. The Balaban J connectivity index is 2.12. The van der Waals surface area contributed by atoms with E-state index in [0.29, 0.717) is 5.33 Å². The Morgan fingerprint density at radius 3 is 2.33 bits per heavy atom. The van der Waals surface area contributed by atoms with Gasteiger partial charge in [-0.05, 0) is 24.3 Å². The van der Waals surface area contributed by atoms with Crippen LogP contribution >= 0.6 is 15.9 Å². The highest BCUT2D eigenvalue weighted by atomic mass is 79.9. The molecule has 1 aromatic rings. The Hall–Kier alpha value is -0.630. The molecule has 0 aromatic heterocycles. The second-order valence-electron chi connectivity index (χ2n) is 4.16. The second-order valence-corrected chi connectivity index (χ2v) is 4.72. The Morgan fingerprint density at radius 1 is 1.20 bits per heavy atom. The molecule has 0 radical (unpaired) electrons. The summed E-state index contributed by atoms with van der Waals surface area (Å²) in [7, 11) is 0. The van der Waals surface area contributed by atoms with E-state index in [9.17, 15) is 4.79 Å². The van der Waals surface area contributed by atoms with E-state index in [1.54, 1.807) is 0 Å². The van der Waals surface area contributed by atoms with Crippen molar-refractivity contribution in [3.8, 4) is 0 Å². The molecule has 2 heteroatoms. The van der Waals surface area contributed by atoms with Crippen LogP contribution in [0.15, 0.2) is 24.3 Å². The molecule has 0 atom stereocenters. The maximum atomic E-state index is 11.4. The van der Waals surface area contributed by atoms with Crippen molar-refractivity contribution in [3.05, 3.63) is 35.4 Å². The van der Waals surface area contributed by atoms with Crippen LogP contribution in [0.5, 0.6) is 0 Å². The van der Waals surface area contributed by atoms with E-state index in [-0.39, 0.29) is 5.78 Å². The Morgan fingerprint density at radius 2 is 1.80 bits per heavy atom. The zero-order valence-electron chi connectivity index (χ0n) is 8.71. The predicted molar refractivity (Wildman–Crippen MR) is 65.8 cm³/mol. The maximum Gasteiger partial charge on any atom is 0.173 e. The first-order valence-corrected chi connectivity index (χ1v) is 6.62.